The molecule has 1 aromatic carbocycles. The minimum atomic E-state index is 0.284. The zero-order valence-corrected chi connectivity index (χ0v) is 16.0. The Morgan fingerprint density at radius 3 is 2.58 bits per heavy atom. The predicted octanol–water partition coefficient (Wildman–Crippen LogP) is 2.03. The van der Waals surface area contributed by atoms with E-state index in [0.717, 1.165) is 57.0 Å². The number of methoxy groups -OCH3 is 1. The molecular formula is C20H32N4O2. The van der Waals surface area contributed by atoms with Gasteiger partial charge < -0.3 is 20.1 Å². The van der Waals surface area contributed by atoms with Crippen LogP contribution >= 0.6 is 0 Å². The van der Waals surface area contributed by atoms with E-state index < -0.39 is 0 Å². The minimum Gasteiger partial charge on any atom is -0.497 e. The van der Waals surface area contributed by atoms with Crippen LogP contribution in [0, 0.1) is 5.92 Å². The summed E-state index contributed by atoms with van der Waals surface area (Å²) in [7, 11) is 3.54. The average Bonchev–Trinajstić information content (AvgIpc) is 3.52. The van der Waals surface area contributed by atoms with Gasteiger partial charge in [-0.2, -0.15) is 0 Å². The maximum atomic E-state index is 5.53. The van der Waals surface area contributed by atoms with Gasteiger partial charge in [-0.15, -0.1) is 0 Å². The molecular weight excluding hydrogens is 328 g/mol. The molecule has 6 heteroatoms. The Hall–Kier alpha value is -1.79. The number of ether oxygens (including phenoxy) is 2. The van der Waals surface area contributed by atoms with Gasteiger partial charge in [0.2, 0.25) is 0 Å². The molecule has 3 rings (SSSR count). The fourth-order valence-electron chi connectivity index (χ4n) is 3.39. The molecule has 1 atom stereocenters. The summed E-state index contributed by atoms with van der Waals surface area (Å²) in [6.07, 6.45) is 4.03. The quantitative estimate of drug-likeness (QED) is 0.549. The van der Waals surface area contributed by atoms with Crippen molar-refractivity contribution in [2.24, 2.45) is 10.9 Å². The van der Waals surface area contributed by atoms with E-state index in [2.05, 4.69) is 32.7 Å². The summed E-state index contributed by atoms with van der Waals surface area (Å²) in [5, 5.41) is 6.96. The van der Waals surface area contributed by atoms with E-state index in [1.165, 1.54) is 24.8 Å². The first kappa shape index (κ1) is 19.0. The Balaban J connectivity index is 1.59. The Morgan fingerprint density at radius 1 is 1.23 bits per heavy atom. The monoisotopic (exact) mass is 360 g/mol. The molecule has 0 spiro atoms. The van der Waals surface area contributed by atoms with Crippen molar-refractivity contribution in [1.29, 1.82) is 0 Å². The molecule has 1 heterocycles. The number of hydrogen-bond acceptors (Lipinski definition) is 4. The van der Waals surface area contributed by atoms with Gasteiger partial charge in [0, 0.05) is 33.2 Å². The van der Waals surface area contributed by atoms with Gasteiger partial charge in [0.25, 0.3) is 0 Å². The zero-order valence-electron chi connectivity index (χ0n) is 16.0. The SMILES string of the molecule is CN=C(NCCC1CC1)NCC(c1ccc(OC)cc1)N1CCOCC1. The number of hydrogen-bond donors (Lipinski definition) is 2. The lowest BCUT2D eigenvalue weighted by atomic mass is 10.0. The molecule has 0 amide bonds. The lowest BCUT2D eigenvalue weighted by Gasteiger charge is -2.35. The second-order valence-electron chi connectivity index (χ2n) is 7.05. The van der Waals surface area contributed by atoms with Gasteiger partial charge in [-0.25, -0.2) is 0 Å². The summed E-state index contributed by atoms with van der Waals surface area (Å²) in [5.41, 5.74) is 1.29. The third-order valence-electron chi connectivity index (χ3n) is 5.22. The molecule has 144 valence electrons. The smallest absolute Gasteiger partial charge is 0.191 e. The molecule has 1 saturated carbocycles. The van der Waals surface area contributed by atoms with Crippen molar-refractivity contribution in [2.45, 2.75) is 25.3 Å². The third-order valence-corrected chi connectivity index (χ3v) is 5.22. The minimum absolute atomic E-state index is 0.284. The number of aliphatic imine (C=N–C) groups is 1. The lowest BCUT2D eigenvalue weighted by Crippen LogP contribution is -2.46. The summed E-state index contributed by atoms with van der Waals surface area (Å²) >= 11 is 0. The van der Waals surface area contributed by atoms with Gasteiger partial charge in [0.15, 0.2) is 5.96 Å². The topological polar surface area (TPSA) is 58.1 Å². The van der Waals surface area contributed by atoms with Crippen LogP contribution in [0.25, 0.3) is 0 Å². The molecule has 2 aliphatic rings. The van der Waals surface area contributed by atoms with E-state index >= 15 is 0 Å². The van der Waals surface area contributed by atoms with Crippen LogP contribution in [0.1, 0.15) is 30.9 Å². The molecule has 26 heavy (non-hydrogen) atoms. The van der Waals surface area contributed by atoms with Gasteiger partial charge >= 0.3 is 0 Å². The summed E-state index contributed by atoms with van der Waals surface area (Å²) in [6, 6.07) is 8.66. The molecule has 0 bridgehead atoms. The summed E-state index contributed by atoms with van der Waals surface area (Å²) in [4.78, 5) is 6.86. The van der Waals surface area contributed by atoms with Crippen LogP contribution in [0.15, 0.2) is 29.3 Å². The average molecular weight is 361 g/mol. The van der Waals surface area contributed by atoms with Crippen LogP contribution < -0.4 is 15.4 Å². The van der Waals surface area contributed by atoms with Gasteiger partial charge in [0.1, 0.15) is 5.75 Å². The number of nitrogens with one attached hydrogen (secondary N) is 2. The third kappa shape index (κ3) is 5.61. The highest BCUT2D eigenvalue weighted by molar-refractivity contribution is 5.79. The van der Waals surface area contributed by atoms with E-state index in [-0.39, 0.29) is 6.04 Å². The maximum Gasteiger partial charge on any atom is 0.191 e. The molecule has 0 radical (unpaired) electrons. The van der Waals surface area contributed by atoms with Gasteiger partial charge in [-0.05, 0) is 30.0 Å². The molecule has 0 aromatic heterocycles. The Labute approximate surface area is 157 Å². The first-order chi connectivity index (χ1) is 12.8. The molecule has 1 unspecified atom stereocenters. The maximum absolute atomic E-state index is 5.53. The first-order valence-electron chi connectivity index (χ1n) is 9.70. The van der Waals surface area contributed by atoms with Crippen molar-refractivity contribution < 1.29 is 9.47 Å². The van der Waals surface area contributed by atoms with Gasteiger partial charge in [0.05, 0.1) is 26.4 Å². The van der Waals surface area contributed by atoms with E-state index in [1.807, 2.05) is 19.2 Å². The van der Waals surface area contributed by atoms with Crippen LogP contribution in [-0.4, -0.2) is 64.4 Å². The fourth-order valence-corrected chi connectivity index (χ4v) is 3.39. The Morgan fingerprint density at radius 2 is 1.96 bits per heavy atom. The highest BCUT2D eigenvalue weighted by Crippen LogP contribution is 2.31. The lowest BCUT2D eigenvalue weighted by molar-refractivity contribution is 0.0170. The fraction of sp³-hybridized carbons (Fsp3) is 0.650. The zero-order chi connectivity index (χ0) is 18.2. The highest BCUT2D eigenvalue weighted by Gasteiger charge is 2.23. The highest BCUT2D eigenvalue weighted by atomic mass is 16.5. The number of morpholine rings is 1. The van der Waals surface area contributed by atoms with Crippen molar-refractivity contribution >= 4 is 5.96 Å². The predicted molar refractivity (Wildman–Crippen MR) is 105 cm³/mol. The van der Waals surface area contributed by atoms with Crippen molar-refractivity contribution in [1.82, 2.24) is 15.5 Å². The van der Waals surface area contributed by atoms with Gasteiger partial charge in [-0.3, -0.25) is 9.89 Å². The van der Waals surface area contributed by atoms with E-state index in [0.29, 0.717) is 0 Å². The molecule has 6 nitrogen and oxygen atoms in total. The first-order valence-corrected chi connectivity index (χ1v) is 9.70. The Kier molecular flexibility index (Phi) is 7.14. The molecule has 1 aliphatic carbocycles. The second kappa shape index (κ2) is 9.78. The summed E-state index contributed by atoms with van der Waals surface area (Å²) < 4.78 is 10.8. The van der Waals surface area contributed by atoms with Crippen molar-refractivity contribution in [3.8, 4) is 5.75 Å². The summed E-state index contributed by atoms with van der Waals surface area (Å²) in [6.45, 7) is 5.30. The van der Waals surface area contributed by atoms with Crippen LogP contribution in [0.2, 0.25) is 0 Å². The number of benzene rings is 1. The standard InChI is InChI=1S/C20H32N4O2/c1-21-20(22-10-9-16-3-4-16)23-15-19(24-11-13-26-14-12-24)17-5-7-18(25-2)8-6-17/h5-8,16,19H,3-4,9-15H2,1-2H3,(H2,21,22,23). The summed E-state index contributed by atoms with van der Waals surface area (Å²) in [5.74, 6) is 2.71. The van der Waals surface area contributed by atoms with Crippen LogP contribution in [0.5, 0.6) is 5.75 Å². The normalized spacial score (nSPS) is 19.8. The van der Waals surface area contributed by atoms with Crippen molar-refractivity contribution in [3.63, 3.8) is 0 Å². The Bertz CT molecular complexity index is 566. The molecule has 1 aliphatic heterocycles. The number of rotatable bonds is 8. The van der Waals surface area contributed by atoms with E-state index in [4.69, 9.17) is 9.47 Å². The molecule has 2 fully saturated rings. The molecule has 2 N–H and O–H groups in total. The van der Waals surface area contributed by atoms with Gasteiger partial charge in [-0.1, -0.05) is 25.0 Å². The van der Waals surface area contributed by atoms with Crippen LogP contribution in [0.4, 0.5) is 0 Å². The van der Waals surface area contributed by atoms with E-state index in [9.17, 15) is 0 Å². The number of guanidine groups is 1. The largest absolute Gasteiger partial charge is 0.497 e. The van der Waals surface area contributed by atoms with Crippen molar-refractivity contribution in [2.75, 3.05) is 53.6 Å². The second-order valence-corrected chi connectivity index (χ2v) is 7.05. The molecule has 1 saturated heterocycles. The molecule has 1 aromatic rings. The van der Waals surface area contributed by atoms with Crippen LogP contribution in [0.3, 0.4) is 0 Å². The van der Waals surface area contributed by atoms with Crippen molar-refractivity contribution in [3.05, 3.63) is 29.8 Å². The number of nitrogens with zero attached hydrogens (tertiary/aromatic N) is 2. The van der Waals surface area contributed by atoms with E-state index in [1.54, 1.807) is 7.11 Å². The van der Waals surface area contributed by atoms with Crippen LogP contribution in [-0.2, 0) is 4.74 Å².